The number of hydrogen-bond acceptors (Lipinski definition) is 4. The number of nitrogens with two attached hydrogens (primary N) is 2. The fraction of sp³-hybridized carbons (Fsp3) is 0. The number of anilines is 4. The summed E-state index contributed by atoms with van der Waals surface area (Å²) in [6.07, 6.45) is 0. The normalized spacial score (nSPS) is 10.9. The summed E-state index contributed by atoms with van der Waals surface area (Å²) < 4.78 is 140. The minimum Gasteiger partial charge on any atom is -0.366 e. The maximum absolute atomic E-state index is 15.2. The molecule has 0 aromatic heterocycles. The van der Waals surface area contributed by atoms with Crippen molar-refractivity contribution in [2.75, 3.05) is 10.2 Å². The third-order valence-corrected chi connectivity index (χ3v) is 4.66. The molecule has 16 heteroatoms. The van der Waals surface area contributed by atoms with Crippen LogP contribution in [0.25, 0.3) is 0 Å². The fourth-order valence-electron chi connectivity index (χ4n) is 2.97. The molecule has 0 aliphatic rings. The van der Waals surface area contributed by atoms with Crippen molar-refractivity contribution in [2.24, 2.45) is 11.5 Å². The Labute approximate surface area is 192 Å². The van der Waals surface area contributed by atoms with Crippen LogP contribution in [0.4, 0.5) is 66.8 Å². The van der Waals surface area contributed by atoms with Gasteiger partial charge in [-0.25, -0.2) is 35.1 Å². The van der Waals surface area contributed by atoms with Crippen LogP contribution in [0, 0.1) is 46.5 Å². The molecular formula is C20H8F10N4O2. The number of rotatable bonds is 6. The smallest absolute Gasteiger partial charge is 0.249 e. The summed E-state index contributed by atoms with van der Waals surface area (Å²) >= 11 is 0. The zero-order valence-corrected chi connectivity index (χ0v) is 17.0. The third-order valence-electron chi connectivity index (χ3n) is 4.66. The van der Waals surface area contributed by atoms with Crippen LogP contribution in [0.1, 0.15) is 20.7 Å². The molecule has 0 unspecified atom stereocenters. The van der Waals surface area contributed by atoms with Crippen LogP contribution in [-0.2, 0) is 0 Å². The van der Waals surface area contributed by atoms with E-state index >= 15 is 8.96 Å². The van der Waals surface area contributed by atoms with Crippen LogP contribution in [0.2, 0.25) is 0 Å². The minimum atomic E-state index is -2.52. The molecule has 4 N–H and O–H groups in total. The van der Waals surface area contributed by atoms with Gasteiger partial charge in [-0.15, -0.1) is 0 Å². The Kier molecular flexibility index (Phi) is 6.73. The summed E-state index contributed by atoms with van der Waals surface area (Å²) in [4.78, 5) is 23.4. The molecule has 0 heterocycles. The molecule has 0 bridgehead atoms. The van der Waals surface area contributed by atoms with E-state index in [1.54, 1.807) is 0 Å². The average Bonchev–Trinajstić information content (AvgIpc) is 2.83. The Morgan fingerprint density at radius 3 is 1.08 bits per heavy atom. The highest BCUT2D eigenvalue weighted by atomic mass is 19.2. The standard InChI is InChI=1S/C20H8F10N4O2/c21-7-3-11(15(25)17(27)13(7)23)33(29)9-1-5(19(31)35)6(20(32)36)2-10(9)34(30)12-4-8(22)14(24)18(28)16(12)26/h1-4H,(H2,31,35)(H2,32,36). The Morgan fingerprint density at radius 1 is 0.500 bits per heavy atom. The SMILES string of the molecule is NC(=O)c1cc(N(F)c2cc(F)c(F)c(F)c2F)c(N(F)c2cc(F)c(F)c(F)c2F)cc1C(N)=O. The quantitative estimate of drug-likeness (QED) is 0.204. The predicted octanol–water partition coefficient (Wildman–Crippen LogP) is 5.04. The van der Waals surface area contributed by atoms with Crippen LogP contribution in [0.15, 0.2) is 24.3 Å². The van der Waals surface area contributed by atoms with E-state index in [0.717, 1.165) is 0 Å². The highest BCUT2D eigenvalue weighted by Crippen LogP contribution is 2.43. The van der Waals surface area contributed by atoms with E-state index in [0.29, 0.717) is 0 Å². The van der Waals surface area contributed by atoms with Crippen LogP contribution in [-0.4, -0.2) is 11.8 Å². The van der Waals surface area contributed by atoms with Gasteiger partial charge in [-0.2, -0.15) is 10.2 Å². The summed E-state index contributed by atoms with van der Waals surface area (Å²) in [7, 11) is 0. The number of benzene rings is 3. The van der Waals surface area contributed by atoms with Crippen molar-refractivity contribution < 1.29 is 53.7 Å². The maximum atomic E-state index is 15.2. The van der Waals surface area contributed by atoms with Crippen LogP contribution in [0.3, 0.4) is 0 Å². The first-order chi connectivity index (χ1) is 16.7. The summed E-state index contributed by atoms with van der Waals surface area (Å²) in [5, 5.41) is -2.18. The van der Waals surface area contributed by atoms with Gasteiger partial charge in [0.1, 0.15) is 22.7 Å². The number of primary amides is 2. The largest absolute Gasteiger partial charge is 0.366 e. The Hall–Kier alpha value is -4.50. The van der Waals surface area contributed by atoms with Crippen molar-refractivity contribution in [3.63, 3.8) is 0 Å². The van der Waals surface area contributed by atoms with Crippen molar-refractivity contribution >= 4 is 34.6 Å². The first kappa shape index (κ1) is 26.1. The van der Waals surface area contributed by atoms with Gasteiger partial charge in [-0.05, 0) is 12.1 Å². The molecule has 2 amide bonds. The van der Waals surface area contributed by atoms with Crippen LogP contribution >= 0.6 is 0 Å². The number of hydrogen-bond donors (Lipinski definition) is 2. The van der Waals surface area contributed by atoms with Crippen molar-refractivity contribution in [2.45, 2.75) is 0 Å². The lowest BCUT2D eigenvalue weighted by Crippen LogP contribution is -2.23. The van der Waals surface area contributed by atoms with Gasteiger partial charge in [-0.1, -0.05) is 8.96 Å². The Bertz CT molecular complexity index is 1330. The van der Waals surface area contributed by atoms with E-state index in [1.165, 1.54) is 0 Å². The zero-order valence-electron chi connectivity index (χ0n) is 17.0. The molecule has 0 saturated heterocycles. The Morgan fingerprint density at radius 2 is 0.806 bits per heavy atom. The maximum Gasteiger partial charge on any atom is 0.249 e. The molecule has 3 aromatic carbocycles. The van der Waals surface area contributed by atoms with Gasteiger partial charge >= 0.3 is 0 Å². The zero-order chi connectivity index (χ0) is 27.2. The van der Waals surface area contributed by atoms with Gasteiger partial charge in [-0.3, -0.25) is 9.59 Å². The third kappa shape index (κ3) is 4.20. The van der Waals surface area contributed by atoms with Crippen molar-refractivity contribution in [1.29, 1.82) is 0 Å². The molecule has 6 nitrogen and oxygen atoms in total. The summed E-state index contributed by atoms with van der Waals surface area (Å²) in [5.74, 6) is -21.9. The van der Waals surface area contributed by atoms with Crippen molar-refractivity contribution in [3.05, 3.63) is 81.9 Å². The fourth-order valence-corrected chi connectivity index (χ4v) is 2.97. The number of carbonyl (C=O) groups excluding carboxylic acids is 2. The molecule has 0 aliphatic heterocycles. The number of carbonyl (C=O) groups is 2. The molecule has 3 rings (SSSR count). The lowest BCUT2D eigenvalue weighted by Gasteiger charge is -2.24. The van der Waals surface area contributed by atoms with Gasteiger partial charge in [0, 0.05) is 12.1 Å². The lowest BCUT2D eigenvalue weighted by molar-refractivity contribution is 0.0967. The summed E-state index contributed by atoms with van der Waals surface area (Å²) in [6, 6.07) is -0.137. The number of nitrogens with zero attached hydrogens (tertiary/aromatic N) is 2. The second-order valence-corrected chi connectivity index (χ2v) is 6.82. The van der Waals surface area contributed by atoms with Crippen LogP contribution < -0.4 is 21.7 Å². The molecule has 0 aliphatic carbocycles. The summed E-state index contributed by atoms with van der Waals surface area (Å²) in [6.45, 7) is 0. The highest BCUT2D eigenvalue weighted by molar-refractivity contribution is 6.08. The van der Waals surface area contributed by atoms with Gasteiger partial charge in [0.25, 0.3) is 0 Å². The molecule has 0 spiro atoms. The van der Waals surface area contributed by atoms with E-state index in [1.807, 2.05) is 0 Å². The minimum absolute atomic E-state index is 0.178. The van der Waals surface area contributed by atoms with E-state index in [4.69, 9.17) is 11.5 Å². The van der Waals surface area contributed by atoms with E-state index < -0.39 is 102 Å². The van der Waals surface area contributed by atoms with Gasteiger partial charge in [0.15, 0.2) is 46.5 Å². The first-order valence-electron chi connectivity index (χ1n) is 9.04. The van der Waals surface area contributed by atoms with E-state index in [-0.39, 0.29) is 24.3 Å². The molecular weight excluding hydrogens is 518 g/mol. The summed E-state index contributed by atoms with van der Waals surface area (Å²) in [5.41, 5.74) is 1.55. The van der Waals surface area contributed by atoms with Gasteiger partial charge in [0.05, 0.1) is 11.1 Å². The number of amides is 2. The lowest BCUT2D eigenvalue weighted by atomic mass is 10.0. The molecule has 0 atom stereocenters. The highest BCUT2D eigenvalue weighted by Gasteiger charge is 2.31. The molecule has 0 fully saturated rings. The Balaban J connectivity index is 2.38. The van der Waals surface area contributed by atoms with Crippen LogP contribution in [0.5, 0.6) is 0 Å². The van der Waals surface area contributed by atoms with Crippen molar-refractivity contribution in [1.82, 2.24) is 0 Å². The van der Waals surface area contributed by atoms with Gasteiger partial charge in [0.2, 0.25) is 11.8 Å². The second-order valence-electron chi connectivity index (χ2n) is 6.82. The average molecular weight is 526 g/mol. The van der Waals surface area contributed by atoms with Gasteiger partial charge < -0.3 is 11.5 Å². The molecule has 190 valence electrons. The van der Waals surface area contributed by atoms with Crippen molar-refractivity contribution in [3.8, 4) is 0 Å². The molecule has 0 radical (unpaired) electrons. The predicted molar refractivity (Wildman–Crippen MR) is 103 cm³/mol. The first-order valence-corrected chi connectivity index (χ1v) is 9.04. The molecule has 36 heavy (non-hydrogen) atoms. The van der Waals surface area contributed by atoms with E-state index in [9.17, 15) is 44.7 Å². The van der Waals surface area contributed by atoms with E-state index in [2.05, 4.69) is 0 Å². The molecule has 3 aromatic rings. The topological polar surface area (TPSA) is 92.7 Å². The second kappa shape index (κ2) is 9.27. The molecule has 0 saturated carbocycles. The number of halogens is 10. The monoisotopic (exact) mass is 526 g/mol.